The van der Waals surface area contributed by atoms with Crippen molar-refractivity contribution in [3.8, 4) is 11.5 Å². The van der Waals surface area contributed by atoms with E-state index in [1.165, 1.54) is 6.07 Å². The number of aromatic hydroxyl groups is 1. The highest BCUT2D eigenvalue weighted by Crippen LogP contribution is 2.23. The molecule has 1 aromatic heterocycles. The lowest BCUT2D eigenvalue weighted by Crippen LogP contribution is -2.28. The third kappa shape index (κ3) is 3.17. The second-order valence-electron chi connectivity index (χ2n) is 3.36. The average Bonchev–Trinajstić information content (AvgIpc) is 2.88. The predicted molar refractivity (Wildman–Crippen MR) is 59.6 cm³/mol. The predicted octanol–water partition coefficient (Wildman–Crippen LogP) is -0.400. The van der Waals surface area contributed by atoms with Gasteiger partial charge in [0.25, 0.3) is 5.91 Å². The van der Waals surface area contributed by atoms with E-state index in [2.05, 4.69) is 25.9 Å². The smallest absolute Gasteiger partial charge is 0.258 e. The second-order valence-corrected chi connectivity index (χ2v) is 3.36. The second kappa shape index (κ2) is 5.62. The number of phenolic OH excluding ortho intramolecular Hbond substituents is 1. The molecule has 1 aromatic carbocycles. The molecule has 8 nitrogen and oxygen atoms in total. The van der Waals surface area contributed by atoms with Gasteiger partial charge in [-0.05, 0) is 12.1 Å². The van der Waals surface area contributed by atoms with Crippen molar-refractivity contribution < 1.29 is 14.6 Å². The monoisotopic (exact) mass is 249 g/mol. The van der Waals surface area contributed by atoms with E-state index in [4.69, 9.17) is 4.74 Å². The Balaban J connectivity index is 1.77. The molecule has 0 fully saturated rings. The number of aromatic amines is 1. The maximum absolute atomic E-state index is 11.4. The summed E-state index contributed by atoms with van der Waals surface area (Å²) in [4.78, 5) is 11.4. The molecule has 94 valence electrons. The van der Waals surface area contributed by atoms with Gasteiger partial charge in [0.15, 0.2) is 23.9 Å². The first kappa shape index (κ1) is 11.8. The Kier molecular flexibility index (Phi) is 3.69. The quantitative estimate of drug-likeness (QED) is 0.664. The number of carbonyl (C=O) groups is 1. The summed E-state index contributed by atoms with van der Waals surface area (Å²) >= 11 is 0. The van der Waals surface area contributed by atoms with Crippen LogP contribution in [0.1, 0.15) is 5.82 Å². The molecule has 0 aliphatic rings. The van der Waals surface area contributed by atoms with Gasteiger partial charge in [-0.1, -0.05) is 17.3 Å². The van der Waals surface area contributed by atoms with Crippen LogP contribution in [-0.2, 0) is 11.3 Å². The lowest BCUT2D eigenvalue weighted by atomic mass is 10.3. The molecule has 2 rings (SSSR count). The van der Waals surface area contributed by atoms with Crippen LogP contribution < -0.4 is 10.1 Å². The molecular formula is C10H11N5O3. The van der Waals surface area contributed by atoms with Gasteiger partial charge >= 0.3 is 0 Å². The first-order valence-corrected chi connectivity index (χ1v) is 5.15. The summed E-state index contributed by atoms with van der Waals surface area (Å²) in [6.07, 6.45) is 0. The molecule has 18 heavy (non-hydrogen) atoms. The number of amides is 1. The highest BCUT2D eigenvalue weighted by molar-refractivity contribution is 5.77. The summed E-state index contributed by atoms with van der Waals surface area (Å²) in [5.74, 6) is 0.282. The number of phenols is 1. The molecule has 0 radical (unpaired) electrons. The maximum atomic E-state index is 11.4. The lowest BCUT2D eigenvalue weighted by Gasteiger charge is -2.07. The highest BCUT2D eigenvalue weighted by Gasteiger charge is 2.06. The Bertz CT molecular complexity index is 514. The minimum atomic E-state index is -0.344. The van der Waals surface area contributed by atoms with Gasteiger partial charge in [-0.25, -0.2) is 0 Å². The van der Waals surface area contributed by atoms with E-state index in [0.717, 1.165) is 0 Å². The Hall–Kier alpha value is -2.64. The molecule has 0 spiro atoms. The standard InChI is InChI=1S/C10H11N5O3/c16-7-3-1-2-4-8(7)18-6-10(17)11-5-9-12-14-15-13-9/h1-4,16H,5-6H2,(H,11,17)(H,12,13,14,15). The molecular weight excluding hydrogens is 238 g/mol. The number of ether oxygens (including phenoxy) is 1. The van der Waals surface area contributed by atoms with Crippen molar-refractivity contribution in [1.29, 1.82) is 0 Å². The number of rotatable bonds is 5. The number of hydrogen-bond acceptors (Lipinski definition) is 6. The number of carbonyl (C=O) groups excluding carboxylic acids is 1. The van der Waals surface area contributed by atoms with Gasteiger partial charge in [0, 0.05) is 0 Å². The Morgan fingerprint density at radius 2 is 2.28 bits per heavy atom. The number of nitrogens with zero attached hydrogens (tertiary/aromatic N) is 3. The molecule has 2 aromatic rings. The first-order valence-electron chi connectivity index (χ1n) is 5.15. The average molecular weight is 249 g/mol. The minimum absolute atomic E-state index is 0.0107. The molecule has 1 heterocycles. The Morgan fingerprint density at radius 3 is 3.00 bits per heavy atom. The van der Waals surface area contributed by atoms with Gasteiger partial charge in [0.2, 0.25) is 0 Å². The number of benzene rings is 1. The van der Waals surface area contributed by atoms with Crippen LogP contribution in [0.2, 0.25) is 0 Å². The molecule has 0 saturated carbocycles. The molecule has 8 heteroatoms. The Morgan fingerprint density at radius 1 is 1.44 bits per heavy atom. The Labute approximate surface area is 102 Å². The van der Waals surface area contributed by atoms with Crippen molar-refractivity contribution in [2.24, 2.45) is 0 Å². The van der Waals surface area contributed by atoms with Crippen molar-refractivity contribution in [2.75, 3.05) is 6.61 Å². The number of hydrogen-bond donors (Lipinski definition) is 3. The molecule has 0 aliphatic carbocycles. The van der Waals surface area contributed by atoms with E-state index >= 15 is 0 Å². The maximum Gasteiger partial charge on any atom is 0.258 e. The number of aromatic nitrogens is 4. The van der Waals surface area contributed by atoms with Crippen molar-refractivity contribution in [3.05, 3.63) is 30.1 Å². The van der Waals surface area contributed by atoms with Crippen molar-refractivity contribution >= 4 is 5.91 Å². The fraction of sp³-hybridized carbons (Fsp3) is 0.200. The molecule has 1 amide bonds. The SMILES string of the molecule is O=C(COc1ccccc1O)NCc1nn[nH]n1. The van der Waals surface area contributed by atoms with Crippen LogP contribution in [-0.4, -0.2) is 38.2 Å². The van der Waals surface area contributed by atoms with Gasteiger partial charge in [-0.3, -0.25) is 4.79 Å². The molecule has 3 N–H and O–H groups in total. The van der Waals surface area contributed by atoms with Crippen LogP contribution in [0.4, 0.5) is 0 Å². The van der Waals surface area contributed by atoms with Crippen molar-refractivity contribution in [2.45, 2.75) is 6.54 Å². The molecule has 0 unspecified atom stereocenters. The number of nitrogens with one attached hydrogen (secondary N) is 2. The summed E-state index contributed by atoms with van der Waals surface area (Å²) in [7, 11) is 0. The van der Waals surface area contributed by atoms with Gasteiger partial charge in [-0.2, -0.15) is 5.21 Å². The first-order chi connectivity index (χ1) is 8.75. The van der Waals surface area contributed by atoms with Crippen molar-refractivity contribution in [3.63, 3.8) is 0 Å². The summed E-state index contributed by atoms with van der Waals surface area (Å²) < 4.78 is 5.14. The van der Waals surface area contributed by atoms with Gasteiger partial charge in [-0.15, -0.1) is 10.2 Å². The summed E-state index contributed by atoms with van der Waals surface area (Å²) in [5, 5.41) is 24.9. The van der Waals surface area contributed by atoms with E-state index in [0.29, 0.717) is 5.82 Å². The lowest BCUT2D eigenvalue weighted by molar-refractivity contribution is -0.123. The molecule has 0 bridgehead atoms. The van der Waals surface area contributed by atoms with Crippen molar-refractivity contribution in [1.82, 2.24) is 25.9 Å². The van der Waals surface area contributed by atoms with E-state index < -0.39 is 0 Å². The van der Waals surface area contributed by atoms with E-state index in [-0.39, 0.29) is 30.6 Å². The van der Waals surface area contributed by atoms with E-state index in [9.17, 15) is 9.90 Å². The highest BCUT2D eigenvalue weighted by atomic mass is 16.5. The van der Waals surface area contributed by atoms with Crippen LogP contribution in [0, 0.1) is 0 Å². The van der Waals surface area contributed by atoms with E-state index in [1.54, 1.807) is 18.2 Å². The zero-order valence-corrected chi connectivity index (χ0v) is 9.33. The molecule has 0 saturated heterocycles. The topological polar surface area (TPSA) is 113 Å². The number of tetrazole rings is 1. The van der Waals surface area contributed by atoms with Crippen LogP contribution in [0.25, 0.3) is 0 Å². The molecule has 0 aliphatic heterocycles. The third-order valence-electron chi connectivity index (χ3n) is 2.06. The third-order valence-corrected chi connectivity index (χ3v) is 2.06. The summed E-state index contributed by atoms with van der Waals surface area (Å²) in [6.45, 7) is -0.0328. The van der Waals surface area contributed by atoms with Gasteiger partial charge in [0.1, 0.15) is 0 Å². The molecule has 0 atom stereocenters. The van der Waals surface area contributed by atoms with Crippen LogP contribution in [0.3, 0.4) is 0 Å². The minimum Gasteiger partial charge on any atom is -0.504 e. The van der Waals surface area contributed by atoms with Gasteiger partial charge in [0.05, 0.1) is 6.54 Å². The van der Waals surface area contributed by atoms with Crippen LogP contribution in [0.15, 0.2) is 24.3 Å². The summed E-state index contributed by atoms with van der Waals surface area (Å²) in [6, 6.07) is 6.42. The van der Waals surface area contributed by atoms with Crippen LogP contribution >= 0.6 is 0 Å². The number of para-hydroxylation sites is 2. The zero-order chi connectivity index (χ0) is 12.8. The fourth-order valence-electron chi connectivity index (χ4n) is 1.21. The fourth-order valence-corrected chi connectivity index (χ4v) is 1.21. The van der Waals surface area contributed by atoms with Crippen LogP contribution in [0.5, 0.6) is 11.5 Å². The normalized spacial score (nSPS) is 10.0. The van der Waals surface area contributed by atoms with Gasteiger partial charge < -0.3 is 15.2 Å². The largest absolute Gasteiger partial charge is 0.504 e. The zero-order valence-electron chi connectivity index (χ0n) is 9.33. The summed E-state index contributed by atoms with van der Waals surface area (Å²) in [5.41, 5.74) is 0. The number of H-pyrrole nitrogens is 1. The van der Waals surface area contributed by atoms with E-state index in [1.807, 2.05) is 0 Å².